The predicted molar refractivity (Wildman–Crippen MR) is 98.4 cm³/mol. The zero-order valence-corrected chi connectivity index (χ0v) is 13.8. The summed E-state index contributed by atoms with van der Waals surface area (Å²) in [5.74, 6) is 1.46. The van der Waals surface area contributed by atoms with Crippen molar-refractivity contribution in [2.75, 3.05) is 23.8 Å². The summed E-state index contributed by atoms with van der Waals surface area (Å²) in [5, 5.41) is 17.1. The second kappa shape index (κ2) is 6.94. The third kappa shape index (κ3) is 3.64. The molecule has 0 radical (unpaired) electrons. The van der Waals surface area contributed by atoms with Crippen molar-refractivity contribution in [3.05, 3.63) is 48.5 Å². The molecule has 0 aliphatic carbocycles. The molecule has 25 heavy (non-hydrogen) atoms. The van der Waals surface area contributed by atoms with Gasteiger partial charge in [0.05, 0.1) is 11.6 Å². The van der Waals surface area contributed by atoms with Gasteiger partial charge in [-0.1, -0.05) is 18.2 Å². The van der Waals surface area contributed by atoms with E-state index >= 15 is 0 Å². The van der Waals surface area contributed by atoms with Gasteiger partial charge in [-0.05, 0) is 37.1 Å². The minimum atomic E-state index is 0.197. The number of ether oxygens (including phenoxy) is 1. The van der Waals surface area contributed by atoms with Crippen LogP contribution in [-0.4, -0.2) is 34.3 Å². The second-order valence-electron chi connectivity index (χ2n) is 6.10. The molecule has 1 aliphatic heterocycles. The van der Waals surface area contributed by atoms with Crippen molar-refractivity contribution in [3.8, 4) is 5.75 Å². The van der Waals surface area contributed by atoms with Gasteiger partial charge in [0, 0.05) is 30.3 Å². The number of hydrogen-bond donors (Lipinski definition) is 3. The highest BCUT2D eigenvalue weighted by atomic mass is 16.5. The van der Waals surface area contributed by atoms with E-state index in [9.17, 15) is 5.11 Å². The van der Waals surface area contributed by atoms with Crippen LogP contribution >= 0.6 is 0 Å². The molecule has 2 aromatic carbocycles. The molecule has 6 nitrogen and oxygen atoms in total. The van der Waals surface area contributed by atoms with Gasteiger partial charge in [0.1, 0.15) is 11.6 Å². The maximum absolute atomic E-state index is 9.62. The number of benzene rings is 2. The van der Waals surface area contributed by atoms with Crippen molar-refractivity contribution in [1.82, 2.24) is 9.97 Å². The van der Waals surface area contributed by atoms with Gasteiger partial charge in [-0.2, -0.15) is 4.98 Å². The first-order valence-corrected chi connectivity index (χ1v) is 8.46. The van der Waals surface area contributed by atoms with Gasteiger partial charge < -0.3 is 20.5 Å². The quantitative estimate of drug-likeness (QED) is 0.660. The van der Waals surface area contributed by atoms with Gasteiger partial charge >= 0.3 is 0 Å². The highest BCUT2D eigenvalue weighted by Gasteiger charge is 2.16. The Labute approximate surface area is 145 Å². The Hall–Kier alpha value is -2.86. The first-order chi connectivity index (χ1) is 12.3. The average molecular weight is 336 g/mol. The Kier molecular flexibility index (Phi) is 4.35. The molecule has 0 spiro atoms. The van der Waals surface area contributed by atoms with Crippen LogP contribution in [0.4, 0.5) is 17.5 Å². The van der Waals surface area contributed by atoms with Crippen molar-refractivity contribution in [1.29, 1.82) is 0 Å². The number of para-hydroxylation sites is 1. The Morgan fingerprint density at radius 1 is 1.12 bits per heavy atom. The first-order valence-electron chi connectivity index (χ1n) is 8.46. The molecule has 2 heterocycles. The summed E-state index contributed by atoms with van der Waals surface area (Å²) in [4.78, 5) is 9.18. The molecule has 4 rings (SSSR count). The third-order valence-electron chi connectivity index (χ3n) is 4.23. The summed E-state index contributed by atoms with van der Waals surface area (Å²) in [6, 6.07) is 14.8. The summed E-state index contributed by atoms with van der Waals surface area (Å²) < 4.78 is 5.68. The number of rotatable bonds is 5. The number of phenols is 1. The Morgan fingerprint density at radius 3 is 2.88 bits per heavy atom. The monoisotopic (exact) mass is 336 g/mol. The molecular weight excluding hydrogens is 316 g/mol. The van der Waals surface area contributed by atoms with E-state index < -0.39 is 0 Å². The average Bonchev–Trinajstić information content (AvgIpc) is 3.13. The topological polar surface area (TPSA) is 79.3 Å². The van der Waals surface area contributed by atoms with Gasteiger partial charge in [0.25, 0.3) is 0 Å². The SMILES string of the molecule is Oc1cccc(Nc2nc(NC[C@@H]3CCCO3)c3ccccc3n2)c1. The number of nitrogens with zero attached hydrogens (tertiary/aromatic N) is 2. The summed E-state index contributed by atoms with van der Waals surface area (Å²) in [5.41, 5.74) is 1.59. The highest BCUT2D eigenvalue weighted by Crippen LogP contribution is 2.25. The molecule has 6 heteroatoms. The maximum Gasteiger partial charge on any atom is 0.229 e. The van der Waals surface area contributed by atoms with Gasteiger partial charge in [-0.25, -0.2) is 4.98 Å². The van der Waals surface area contributed by atoms with E-state index in [0.29, 0.717) is 5.95 Å². The Bertz CT molecular complexity index is 878. The van der Waals surface area contributed by atoms with Crippen LogP contribution < -0.4 is 10.6 Å². The third-order valence-corrected chi connectivity index (χ3v) is 4.23. The van der Waals surface area contributed by atoms with Gasteiger partial charge in [-0.15, -0.1) is 0 Å². The molecule has 0 amide bonds. The van der Waals surface area contributed by atoms with Crippen LogP contribution in [0.2, 0.25) is 0 Å². The van der Waals surface area contributed by atoms with Crippen LogP contribution in [0, 0.1) is 0 Å². The number of aromatic nitrogens is 2. The fourth-order valence-corrected chi connectivity index (χ4v) is 3.00. The fraction of sp³-hybridized carbons (Fsp3) is 0.263. The fourth-order valence-electron chi connectivity index (χ4n) is 3.00. The van der Waals surface area contributed by atoms with E-state index in [2.05, 4.69) is 20.6 Å². The molecule has 1 aliphatic rings. The van der Waals surface area contributed by atoms with Crippen LogP contribution in [-0.2, 0) is 4.74 Å². The van der Waals surface area contributed by atoms with Crippen molar-refractivity contribution in [2.24, 2.45) is 0 Å². The van der Waals surface area contributed by atoms with Crippen molar-refractivity contribution in [2.45, 2.75) is 18.9 Å². The molecule has 3 aromatic rings. The van der Waals surface area contributed by atoms with E-state index in [1.165, 1.54) is 0 Å². The molecular formula is C19H20N4O2. The van der Waals surface area contributed by atoms with Gasteiger partial charge in [-0.3, -0.25) is 0 Å². The van der Waals surface area contributed by atoms with E-state index in [1.54, 1.807) is 18.2 Å². The van der Waals surface area contributed by atoms with E-state index in [4.69, 9.17) is 4.74 Å². The van der Waals surface area contributed by atoms with Crippen LogP contribution in [0.3, 0.4) is 0 Å². The lowest BCUT2D eigenvalue weighted by Crippen LogP contribution is -2.19. The lowest BCUT2D eigenvalue weighted by Gasteiger charge is -2.14. The summed E-state index contributed by atoms with van der Waals surface area (Å²) in [7, 11) is 0. The lowest BCUT2D eigenvalue weighted by atomic mass is 10.2. The first kappa shape index (κ1) is 15.7. The molecule has 128 valence electrons. The zero-order valence-electron chi connectivity index (χ0n) is 13.8. The molecule has 0 unspecified atom stereocenters. The molecule has 1 aromatic heterocycles. The number of aromatic hydroxyl groups is 1. The predicted octanol–water partition coefficient (Wildman–Crippen LogP) is 3.67. The summed E-state index contributed by atoms with van der Waals surface area (Å²) >= 11 is 0. The molecule has 1 fully saturated rings. The molecule has 0 bridgehead atoms. The number of hydrogen-bond acceptors (Lipinski definition) is 6. The molecule has 0 saturated carbocycles. The zero-order chi connectivity index (χ0) is 17.1. The Balaban J connectivity index is 1.63. The number of phenolic OH excluding ortho intramolecular Hbond substituents is 1. The minimum absolute atomic E-state index is 0.197. The summed E-state index contributed by atoms with van der Waals surface area (Å²) in [6.45, 7) is 1.56. The highest BCUT2D eigenvalue weighted by molar-refractivity contribution is 5.90. The number of fused-ring (bicyclic) bond motifs is 1. The molecule has 1 saturated heterocycles. The number of nitrogens with one attached hydrogen (secondary N) is 2. The maximum atomic E-state index is 9.62. The molecule has 1 atom stereocenters. The lowest BCUT2D eigenvalue weighted by molar-refractivity contribution is 0.120. The largest absolute Gasteiger partial charge is 0.508 e. The number of anilines is 3. The Morgan fingerprint density at radius 2 is 2.04 bits per heavy atom. The van der Waals surface area contributed by atoms with E-state index in [-0.39, 0.29) is 11.9 Å². The summed E-state index contributed by atoms with van der Waals surface area (Å²) in [6.07, 6.45) is 2.42. The second-order valence-corrected chi connectivity index (χ2v) is 6.10. The van der Waals surface area contributed by atoms with Crippen LogP contribution in [0.25, 0.3) is 10.9 Å². The van der Waals surface area contributed by atoms with Gasteiger partial charge in [0.2, 0.25) is 5.95 Å². The van der Waals surface area contributed by atoms with Crippen LogP contribution in [0.5, 0.6) is 5.75 Å². The van der Waals surface area contributed by atoms with E-state index in [1.807, 2.05) is 30.3 Å². The van der Waals surface area contributed by atoms with Crippen molar-refractivity contribution < 1.29 is 9.84 Å². The normalized spacial score (nSPS) is 16.9. The van der Waals surface area contributed by atoms with Crippen LogP contribution in [0.15, 0.2) is 48.5 Å². The molecule has 3 N–H and O–H groups in total. The van der Waals surface area contributed by atoms with E-state index in [0.717, 1.165) is 48.4 Å². The van der Waals surface area contributed by atoms with Crippen LogP contribution in [0.1, 0.15) is 12.8 Å². The smallest absolute Gasteiger partial charge is 0.229 e. The minimum Gasteiger partial charge on any atom is -0.508 e. The van der Waals surface area contributed by atoms with Gasteiger partial charge in [0.15, 0.2) is 0 Å². The van der Waals surface area contributed by atoms with Crippen molar-refractivity contribution >= 4 is 28.4 Å². The standard InChI is InChI=1S/C19H20N4O2/c24-14-6-3-5-13(11-14)21-19-22-17-9-2-1-8-16(17)18(23-19)20-12-15-7-4-10-25-15/h1-3,5-6,8-9,11,15,24H,4,7,10,12H2,(H2,20,21,22,23)/t15-/m0/s1. The van der Waals surface area contributed by atoms with Crippen molar-refractivity contribution in [3.63, 3.8) is 0 Å².